The zero-order valence-corrected chi connectivity index (χ0v) is 7.72. The molecule has 0 radical (unpaired) electrons. The summed E-state index contributed by atoms with van der Waals surface area (Å²) in [5.74, 6) is 0.730. The molecule has 0 spiro atoms. The minimum Gasteiger partial charge on any atom is -0.321 e. The summed E-state index contributed by atoms with van der Waals surface area (Å²) in [6.45, 7) is 0. The van der Waals surface area contributed by atoms with Crippen molar-refractivity contribution in [3.05, 3.63) is 48.0 Å². The van der Waals surface area contributed by atoms with E-state index in [1.54, 1.807) is 0 Å². The molecule has 1 atom stereocenters. The Morgan fingerprint density at radius 2 is 2.07 bits per heavy atom. The molecule has 0 aliphatic heterocycles. The highest BCUT2D eigenvalue weighted by atomic mass is 15.2. The average Bonchev–Trinajstić information content (AvgIpc) is 2.72. The van der Waals surface area contributed by atoms with Crippen LogP contribution in [0.15, 0.2) is 36.7 Å². The Bertz CT molecular complexity index is 368. The van der Waals surface area contributed by atoms with Crippen LogP contribution in [0.1, 0.15) is 17.4 Å². The van der Waals surface area contributed by atoms with E-state index in [-0.39, 0.29) is 6.04 Å². The van der Waals surface area contributed by atoms with E-state index in [2.05, 4.69) is 27.3 Å². The first-order valence-electron chi connectivity index (χ1n) is 4.51. The van der Waals surface area contributed by atoms with E-state index in [0.717, 1.165) is 12.2 Å². The van der Waals surface area contributed by atoms with E-state index in [1.807, 2.05) is 18.2 Å². The van der Waals surface area contributed by atoms with Crippen molar-refractivity contribution in [1.82, 2.24) is 15.2 Å². The van der Waals surface area contributed by atoms with E-state index < -0.39 is 0 Å². The fourth-order valence-corrected chi connectivity index (χ4v) is 1.36. The topological polar surface area (TPSA) is 67.6 Å². The van der Waals surface area contributed by atoms with Gasteiger partial charge in [-0.3, -0.25) is 5.10 Å². The number of nitrogens with zero attached hydrogens (tertiary/aromatic N) is 2. The maximum atomic E-state index is 5.94. The second-order valence-electron chi connectivity index (χ2n) is 3.17. The molecule has 1 heterocycles. The van der Waals surface area contributed by atoms with E-state index in [0.29, 0.717) is 0 Å². The third-order valence-corrected chi connectivity index (χ3v) is 2.08. The predicted octanol–water partition coefficient (Wildman–Crippen LogP) is 1.05. The molecule has 72 valence electrons. The molecule has 2 aromatic rings. The highest BCUT2D eigenvalue weighted by molar-refractivity contribution is 5.16. The summed E-state index contributed by atoms with van der Waals surface area (Å²) in [5.41, 5.74) is 7.14. The minimum absolute atomic E-state index is 0.111. The van der Waals surface area contributed by atoms with E-state index >= 15 is 0 Å². The third kappa shape index (κ3) is 1.97. The highest BCUT2D eigenvalue weighted by Gasteiger charge is 2.08. The first-order valence-corrected chi connectivity index (χ1v) is 4.51. The van der Waals surface area contributed by atoms with Crippen LogP contribution in [-0.4, -0.2) is 15.2 Å². The van der Waals surface area contributed by atoms with Gasteiger partial charge in [0.1, 0.15) is 12.2 Å². The molecular formula is C10H12N4. The Balaban J connectivity index is 2.06. The van der Waals surface area contributed by atoms with Crippen LogP contribution < -0.4 is 5.73 Å². The second-order valence-corrected chi connectivity index (χ2v) is 3.17. The van der Waals surface area contributed by atoms with Gasteiger partial charge in [0.05, 0.1) is 6.04 Å². The fraction of sp³-hybridized carbons (Fsp3) is 0.200. The van der Waals surface area contributed by atoms with Crippen LogP contribution >= 0.6 is 0 Å². The minimum atomic E-state index is -0.111. The van der Waals surface area contributed by atoms with Gasteiger partial charge in [-0.25, -0.2) is 4.98 Å². The normalized spacial score (nSPS) is 12.6. The quantitative estimate of drug-likeness (QED) is 0.756. The molecule has 1 unspecified atom stereocenters. The number of aromatic nitrogens is 3. The Morgan fingerprint density at radius 3 is 2.71 bits per heavy atom. The maximum Gasteiger partial charge on any atom is 0.141 e. The number of nitrogens with two attached hydrogens (primary N) is 1. The molecular weight excluding hydrogens is 176 g/mol. The van der Waals surface area contributed by atoms with Crippen LogP contribution in [-0.2, 0) is 6.42 Å². The molecule has 0 aliphatic carbocycles. The SMILES string of the molecule is NC(Cc1ccccc1)c1ncn[nH]1. The molecule has 0 amide bonds. The van der Waals surface area contributed by atoms with Gasteiger partial charge in [0, 0.05) is 0 Å². The maximum absolute atomic E-state index is 5.94. The van der Waals surface area contributed by atoms with Crippen LogP contribution in [0.25, 0.3) is 0 Å². The number of benzene rings is 1. The van der Waals surface area contributed by atoms with Crippen LogP contribution in [0, 0.1) is 0 Å². The van der Waals surface area contributed by atoms with E-state index in [1.165, 1.54) is 11.9 Å². The summed E-state index contributed by atoms with van der Waals surface area (Å²) >= 11 is 0. The van der Waals surface area contributed by atoms with Gasteiger partial charge in [0.25, 0.3) is 0 Å². The molecule has 0 saturated heterocycles. The van der Waals surface area contributed by atoms with Crippen molar-refractivity contribution in [2.75, 3.05) is 0 Å². The number of hydrogen-bond donors (Lipinski definition) is 2. The lowest BCUT2D eigenvalue weighted by Crippen LogP contribution is -2.14. The third-order valence-electron chi connectivity index (χ3n) is 2.08. The summed E-state index contributed by atoms with van der Waals surface area (Å²) in [4.78, 5) is 4.02. The number of aromatic amines is 1. The van der Waals surface area contributed by atoms with Crippen molar-refractivity contribution in [2.45, 2.75) is 12.5 Å². The van der Waals surface area contributed by atoms with Gasteiger partial charge in [-0.1, -0.05) is 30.3 Å². The van der Waals surface area contributed by atoms with Crippen molar-refractivity contribution < 1.29 is 0 Å². The lowest BCUT2D eigenvalue weighted by molar-refractivity contribution is 0.671. The van der Waals surface area contributed by atoms with Gasteiger partial charge in [0.2, 0.25) is 0 Å². The van der Waals surface area contributed by atoms with Crippen molar-refractivity contribution in [2.24, 2.45) is 5.73 Å². The molecule has 0 aliphatic rings. The van der Waals surface area contributed by atoms with Gasteiger partial charge in [-0.05, 0) is 12.0 Å². The molecule has 1 aromatic carbocycles. The summed E-state index contributed by atoms with van der Waals surface area (Å²) in [7, 11) is 0. The Labute approximate surface area is 82.2 Å². The van der Waals surface area contributed by atoms with Crippen molar-refractivity contribution in [3.63, 3.8) is 0 Å². The molecule has 1 aromatic heterocycles. The van der Waals surface area contributed by atoms with Gasteiger partial charge in [0.15, 0.2) is 0 Å². The number of hydrogen-bond acceptors (Lipinski definition) is 3. The summed E-state index contributed by atoms with van der Waals surface area (Å²) in [6.07, 6.45) is 2.25. The van der Waals surface area contributed by atoms with Crippen LogP contribution in [0.5, 0.6) is 0 Å². The first kappa shape index (κ1) is 8.90. The summed E-state index contributed by atoms with van der Waals surface area (Å²) < 4.78 is 0. The lowest BCUT2D eigenvalue weighted by atomic mass is 10.1. The van der Waals surface area contributed by atoms with Crippen molar-refractivity contribution in [1.29, 1.82) is 0 Å². The number of H-pyrrole nitrogens is 1. The van der Waals surface area contributed by atoms with Crippen molar-refractivity contribution >= 4 is 0 Å². The lowest BCUT2D eigenvalue weighted by Gasteiger charge is -2.07. The van der Waals surface area contributed by atoms with Crippen LogP contribution in [0.4, 0.5) is 0 Å². The summed E-state index contributed by atoms with van der Waals surface area (Å²) in [6, 6.07) is 9.99. The van der Waals surface area contributed by atoms with Gasteiger partial charge < -0.3 is 5.73 Å². The molecule has 3 N–H and O–H groups in total. The Morgan fingerprint density at radius 1 is 1.29 bits per heavy atom. The zero-order valence-electron chi connectivity index (χ0n) is 7.72. The molecule has 4 heteroatoms. The smallest absolute Gasteiger partial charge is 0.141 e. The Kier molecular flexibility index (Phi) is 2.55. The van der Waals surface area contributed by atoms with Gasteiger partial charge in [-0.2, -0.15) is 5.10 Å². The van der Waals surface area contributed by atoms with Crippen LogP contribution in [0.3, 0.4) is 0 Å². The molecule has 2 rings (SSSR count). The average molecular weight is 188 g/mol. The predicted molar refractivity (Wildman–Crippen MR) is 53.5 cm³/mol. The van der Waals surface area contributed by atoms with Crippen LogP contribution in [0.2, 0.25) is 0 Å². The summed E-state index contributed by atoms with van der Waals surface area (Å²) in [5, 5.41) is 6.54. The molecule has 0 bridgehead atoms. The molecule has 0 saturated carbocycles. The largest absolute Gasteiger partial charge is 0.321 e. The Hall–Kier alpha value is -1.68. The molecule has 0 fully saturated rings. The molecule has 4 nitrogen and oxygen atoms in total. The van der Waals surface area contributed by atoms with Gasteiger partial charge in [-0.15, -0.1) is 0 Å². The van der Waals surface area contributed by atoms with E-state index in [9.17, 15) is 0 Å². The number of rotatable bonds is 3. The van der Waals surface area contributed by atoms with Gasteiger partial charge >= 0.3 is 0 Å². The number of nitrogens with one attached hydrogen (secondary N) is 1. The second kappa shape index (κ2) is 4.02. The van der Waals surface area contributed by atoms with Crippen molar-refractivity contribution in [3.8, 4) is 0 Å². The monoisotopic (exact) mass is 188 g/mol. The molecule has 14 heavy (non-hydrogen) atoms. The standard InChI is InChI=1S/C10H12N4/c11-9(10-12-7-13-14-10)6-8-4-2-1-3-5-8/h1-5,7,9H,6,11H2,(H,12,13,14). The highest BCUT2D eigenvalue weighted by Crippen LogP contribution is 2.10. The fourth-order valence-electron chi connectivity index (χ4n) is 1.36. The first-order chi connectivity index (χ1) is 6.86. The zero-order chi connectivity index (χ0) is 9.80. The van der Waals surface area contributed by atoms with E-state index in [4.69, 9.17) is 5.73 Å².